The minimum absolute atomic E-state index is 0.221. The topological polar surface area (TPSA) is 51.2 Å². The Morgan fingerprint density at radius 1 is 1.50 bits per heavy atom. The first kappa shape index (κ1) is 14.7. The summed E-state index contributed by atoms with van der Waals surface area (Å²) in [5.74, 6) is 0.490. The highest BCUT2D eigenvalue weighted by atomic mass is 79.9. The molecule has 0 atom stereocenters. The third-order valence-electron chi connectivity index (χ3n) is 2.46. The van der Waals surface area contributed by atoms with Crippen LogP contribution in [0.1, 0.15) is 11.3 Å². The number of ether oxygens (including phenoxy) is 1. The van der Waals surface area contributed by atoms with Crippen LogP contribution in [-0.4, -0.2) is 18.0 Å². The number of hydrogen-bond donors (Lipinski definition) is 1. The second-order valence-electron chi connectivity index (χ2n) is 4.00. The molecule has 1 N–H and O–H groups in total. The molecular weight excluding hydrogens is 340 g/mol. The molecule has 1 amide bonds. The summed E-state index contributed by atoms with van der Waals surface area (Å²) in [6.07, 6.45) is 3.17. The summed E-state index contributed by atoms with van der Waals surface area (Å²) in [5, 5.41) is 5.20. The van der Waals surface area contributed by atoms with E-state index in [1.807, 2.05) is 30.5 Å². The van der Waals surface area contributed by atoms with Crippen LogP contribution in [0.25, 0.3) is 6.08 Å². The molecule has 0 spiro atoms. The molecule has 0 aliphatic heterocycles. The molecule has 4 nitrogen and oxygen atoms in total. The Kier molecular flexibility index (Phi) is 4.92. The van der Waals surface area contributed by atoms with Gasteiger partial charge in [-0.25, -0.2) is 4.98 Å². The van der Waals surface area contributed by atoms with E-state index >= 15 is 0 Å². The second kappa shape index (κ2) is 6.67. The van der Waals surface area contributed by atoms with Crippen LogP contribution in [0.4, 0.5) is 5.13 Å². The predicted molar refractivity (Wildman–Crippen MR) is 85.2 cm³/mol. The van der Waals surface area contributed by atoms with Crippen molar-refractivity contribution in [1.82, 2.24) is 4.98 Å². The Morgan fingerprint density at radius 3 is 2.95 bits per heavy atom. The maximum absolute atomic E-state index is 11.8. The number of carbonyl (C=O) groups excluding carboxylic acids is 1. The van der Waals surface area contributed by atoms with Crippen LogP contribution in [0.15, 0.2) is 34.1 Å². The first-order valence-electron chi connectivity index (χ1n) is 5.83. The summed E-state index contributed by atoms with van der Waals surface area (Å²) in [4.78, 5) is 16.0. The van der Waals surface area contributed by atoms with Gasteiger partial charge < -0.3 is 4.74 Å². The first-order chi connectivity index (χ1) is 9.58. The maximum Gasteiger partial charge on any atom is 0.250 e. The maximum atomic E-state index is 11.8. The number of benzene rings is 1. The van der Waals surface area contributed by atoms with Gasteiger partial charge in [0.05, 0.1) is 12.8 Å². The number of aryl methyl sites for hydroxylation is 1. The number of amides is 1. The molecule has 0 radical (unpaired) electrons. The molecule has 0 fully saturated rings. The number of carbonyl (C=O) groups is 1. The van der Waals surface area contributed by atoms with Crippen molar-refractivity contribution in [2.45, 2.75) is 6.92 Å². The van der Waals surface area contributed by atoms with Crippen molar-refractivity contribution in [3.63, 3.8) is 0 Å². The molecule has 1 heterocycles. The van der Waals surface area contributed by atoms with E-state index in [0.717, 1.165) is 15.7 Å². The fraction of sp³-hybridized carbons (Fsp3) is 0.143. The van der Waals surface area contributed by atoms with Crippen LogP contribution in [0, 0.1) is 6.92 Å². The van der Waals surface area contributed by atoms with Crippen molar-refractivity contribution >= 4 is 44.4 Å². The molecule has 20 heavy (non-hydrogen) atoms. The average molecular weight is 353 g/mol. The van der Waals surface area contributed by atoms with Gasteiger partial charge in [0.25, 0.3) is 0 Å². The van der Waals surface area contributed by atoms with Gasteiger partial charge in [-0.15, -0.1) is 11.3 Å². The zero-order chi connectivity index (χ0) is 14.5. The summed E-state index contributed by atoms with van der Waals surface area (Å²) in [5.41, 5.74) is 1.72. The largest absolute Gasteiger partial charge is 0.496 e. The summed E-state index contributed by atoms with van der Waals surface area (Å²) < 4.78 is 6.17. The number of anilines is 1. The zero-order valence-corrected chi connectivity index (χ0v) is 13.4. The van der Waals surface area contributed by atoms with Gasteiger partial charge in [-0.3, -0.25) is 10.1 Å². The van der Waals surface area contributed by atoms with Gasteiger partial charge in [-0.1, -0.05) is 15.9 Å². The normalized spacial score (nSPS) is 10.8. The van der Waals surface area contributed by atoms with Crippen LogP contribution in [0.3, 0.4) is 0 Å². The molecule has 2 rings (SSSR count). The van der Waals surface area contributed by atoms with Crippen LogP contribution in [0.2, 0.25) is 0 Å². The zero-order valence-electron chi connectivity index (χ0n) is 11.0. The number of rotatable bonds is 4. The highest BCUT2D eigenvalue weighted by Gasteiger charge is 2.04. The van der Waals surface area contributed by atoms with Gasteiger partial charge >= 0.3 is 0 Å². The van der Waals surface area contributed by atoms with Gasteiger partial charge in [-0.2, -0.15) is 0 Å². The van der Waals surface area contributed by atoms with E-state index < -0.39 is 0 Å². The molecule has 1 aromatic carbocycles. The predicted octanol–water partition coefficient (Wildman–Crippen LogP) is 3.87. The molecular formula is C14H13BrN2O2S. The SMILES string of the molecule is COc1ccc(Br)cc1C=CC(=O)Nc1nc(C)cs1. The van der Waals surface area contributed by atoms with Gasteiger partial charge in [0.15, 0.2) is 5.13 Å². The third kappa shape index (κ3) is 3.91. The summed E-state index contributed by atoms with van der Waals surface area (Å²) in [6, 6.07) is 5.61. The van der Waals surface area contributed by atoms with Gasteiger partial charge in [0.1, 0.15) is 5.75 Å². The van der Waals surface area contributed by atoms with Gasteiger partial charge in [0, 0.05) is 21.5 Å². The Bertz CT molecular complexity index is 652. The molecule has 0 bridgehead atoms. The minimum atomic E-state index is -0.221. The van der Waals surface area contributed by atoms with Crippen molar-refractivity contribution in [3.8, 4) is 5.75 Å². The number of nitrogens with one attached hydrogen (secondary N) is 1. The van der Waals surface area contributed by atoms with Crippen LogP contribution < -0.4 is 10.1 Å². The number of thiazole rings is 1. The van der Waals surface area contributed by atoms with Crippen LogP contribution >= 0.6 is 27.3 Å². The van der Waals surface area contributed by atoms with E-state index in [9.17, 15) is 4.79 Å². The van der Waals surface area contributed by atoms with Crippen LogP contribution in [-0.2, 0) is 4.79 Å². The standard InChI is InChI=1S/C14H13BrN2O2S/c1-9-8-20-14(16-9)17-13(18)6-3-10-7-11(15)4-5-12(10)19-2/h3-8H,1-2H3,(H,16,17,18). The molecule has 6 heteroatoms. The lowest BCUT2D eigenvalue weighted by molar-refractivity contribution is -0.111. The fourth-order valence-electron chi connectivity index (χ4n) is 1.56. The minimum Gasteiger partial charge on any atom is -0.496 e. The number of nitrogens with zero attached hydrogens (tertiary/aromatic N) is 1. The van der Waals surface area contributed by atoms with Crippen molar-refractivity contribution in [2.75, 3.05) is 12.4 Å². The highest BCUT2D eigenvalue weighted by Crippen LogP contribution is 2.24. The third-order valence-corrected chi connectivity index (χ3v) is 3.82. The first-order valence-corrected chi connectivity index (χ1v) is 7.50. The Morgan fingerprint density at radius 2 is 2.30 bits per heavy atom. The number of aromatic nitrogens is 1. The van der Waals surface area contributed by atoms with Crippen molar-refractivity contribution < 1.29 is 9.53 Å². The lowest BCUT2D eigenvalue weighted by Gasteiger charge is -2.04. The molecule has 0 unspecified atom stereocenters. The Labute approximate surface area is 129 Å². The van der Waals surface area contributed by atoms with E-state index in [1.54, 1.807) is 13.2 Å². The monoisotopic (exact) mass is 352 g/mol. The smallest absolute Gasteiger partial charge is 0.250 e. The quantitative estimate of drug-likeness (QED) is 0.849. The number of hydrogen-bond acceptors (Lipinski definition) is 4. The lowest BCUT2D eigenvalue weighted by atomic mass is 10.2. The van der Waals surface area contributed by atoms with E-state index in [0.29, 0.717) is 10.9 Å². The Hall–Kier alpha value is -1.66. The fourth-order valence-corrected chi connectivity index (χ4v) is 2.63. The van der Waals surface area contributed by atoms with E-state index in [2.05, 4.69) is 26.2 Å². The molecule has 1 aromatic heterocycles. The van der Waals surface area contributed by atoms with Crippen LogP contribution in [0.5, 0.6) is 5.75 Å². The summed E-state index contributed by atoms with van der Waals surface area (Å²) in [6.45, 7) is 1.88. The Balaban J connectivity index is 2.09. The molecule has 0 aliphatic rings. The molecule has 0 saturated carbocycles. The molecule has 104 valence electrons. The van der Waals surface area contributed by atoms with E-state index in [4.69, 9.17) is 4.74 Å². The highest BCUT2D eigenvalue weighted by molar-refractivity contribution is 9.10. The second-order valence-corrected chi connectivity index (χ2v) is 5.78. The summed E-state index contributed by atoms with van der Waals surface area (Å²) in [7, 11) is 1.60. The number of methoxy groups -OCH3 is 1. The summed E-state index contributed by atoms with van der Waals surface area (Å²) >= 11 is 4.79. The van der Waals surface area contributed by atoms with Crippen molar-refractivity contribution in [3.05, 3.63) is 45.4 Å². The van der Waals surface area contributed by atoms with E-state index in [-0.39, 0.29) is 5.91 Å². The number of halogens is 1. The van der Waals surface area contributed by atoms with Gasteiger partial charge in [0.2, 0.25) is 5.91 Å². The van der Waals surface area contributed by atoms with Gasteiger partial charge in [-0.05, 0) is 31.2 Å². The molecule has 0 aliphatic carbocycles. The van der Waals surface area contributed by atoms with E-state index in [1.165, 1.54) is 17.4 Å². The van der Waals surface area contributed by atoms with Crippen molar-refractivity contribution in [1.29, 1.82) is 0 Å². The molecule has 2 aromatic rings. The van der Waals surface area contributed by atoms with Crippen molar-refractivity contribution in [2.24, 2.45) is 0 Å². The average Bonchev–Trinajstić information content (AvgIpc) is 2.82. The lowest BCUT2D eigenvalue weighted by Crippen LogP contribution is -2.07. The molecule has 0 saturated heterocycles.